The largest absolute Gasteiger partial charge is 0.308 e. The zero-order chi connectivity index (χ0) is 29.0. The number of hydrogen-bond donors (Lipinski definition) is 0. The molecule has 2 heterocycles. The third-order valence-electron chi connectivity index (χ3n) is 8.89. The van der Waals surface area contributed by atoms with Crippen LogP contribution in [0.2, 0.25) is 0 Å². The first-order valence-electron chi connectivity index (χ1n) is 14.5. The topological polar surface area (TPSA) is 37.4 Å². The van der Waals surface area contributed by atoms with Gasteiger partial charge in [0, 0.05) is 16.7 Å². The number of para-hydroxylation sites is 1. The summed E-state index contributed by atoms with van der Waals surface area (Å²) < 4.78 is 35.1. The molecule has 0 radical (unpaired) electrons. The van der Waals surface area contributed by atoms with Gasteiger partial charge >= 0.3 is 0 Å². The van der Waals surface area contributed by atoms with Crippen molar-refractivity contribution in [3.8, 4) is 0 Å². The fourth-order valence-electron chi connectivity index (χ4n) is 7.27. The standard InChI is InChI=1S/C37H33NO2P2/c1-28(2)41(39)35(30-20-10-4-11-21-30)34(29-18-8-3-9-19-29)37(32-24-14-6-15-25-32)36(31-22-12-5-13-23-31)38(42(37,41)40)33-26-16-7-17-27-33/h3-28,36H,1-2H3. The molecular weight excluding hydrogens is 552 g/mol. The Morgan fingerprint density at radius 2 is 1.05 bits per heavy atom. The lowest BCUT2D eigenvalue weighted by molar-refractivity contribution is 0.466. The van der Waals surface area contributed by atoms with Crippen molar-refractivity contribution in [3.05, 3.63) is 174 Å². The van der Waals surface area contributed by atoms with Crippen LogP contribution in [0.25, 0.3) is 10.9 Å². The molecule has 2 aliphatic rings. The van der Waals surface area contributed by atoms with Gasteiger partial charge in [0.25, 0.3) is 0 Å². The van der Waals surface area contributed by atoms with Crippen LogP contribution in [-0.2, 0) is 14.3 Å². The Labute approximate surface area is 248 Å². The minimum atomic E-state index is -3.77. The monoisotopic (exact) mass is 585 g/mol. The van der Waals surface area contributed by atoms with Crippen molar-refractivity contribution < 1.29 is 9.13 Å². The molecule has 0 saturated carbocycles. The highest BCUT2D eigenvalue weighted by Gasteiger charge is 2.83. The van der Waals surface area contributed by atoms with Gasteiger partial charge < -0.3 is 9.24 Å². The van der Waals surface area contributed by atoms with Gasteiger partial charge in [-0.1, -0.05) is 153 Å². The summed E-state index contributed by atoms with van der Waals surface area (Å²) in [5.41, 5.74) is 5.27. The van der Waals surface area contributed by atoms with E-state index in [9.17, 15) is 0 Å². The van der Waals surface area contributed by atoms with Gasteiger partial charge in [0.1, 0.15) is 5.16 Å². The van der Waals surface area contributed by atoms with Crippen molar-refractivity contribution in [3.63, 3.8) is 0 Å². The molecule has 0 aliphatic carbocycles. The summed E-state index contributed by atoms with van der Waals surface area (Å²) >= 11 is 0. The summed E-state index contributed by atoms with van der Waals surface area (Å²) in [6.07, 6.45) is 0. The van der Waals surface area contributed by atoms with Gasteiger partial charge in [-0.15, -0.1) is 0 Å². The van der Waals surface area contributed by atoms with Crippen molar-refractivity contribution in [2.75, 3.05) is 4.67 Å². The van der Waals surface area contributed by atoms with Gasteiger partial charge in [-0.25, -0.2) is 0 Å². The van der Waals surface area contributed by atoms with Crippen LogP contribution in [0.4, 0.5) is 5.69 Å². The fourth-order valence-corrected chi connectivity index (χ4v) is 20.7. The number of benzene rings is 5. The minimum Gasteiger partial charge on any atom is -0.308 e. The zero-order valence-electron chi connectivity index (χ0n) is 23.7. The Kier molecular flexibility index (Phi) is 6.50. The van der Waals surface area contributed by atoms with Crippen LogP contribution in [0.15, 0.2) is 152 Å². The lowest BCUT2D eigenvalue weighted by atomic mass is 9.76. The van der Waals surface area contributed by atoms with E-state index < -0.39 is 19.0 Å². The number of anilines is 1. The van der Waals surface area contributed by atoms with E-state index in [1.54, 1.807) is 0 Å². The average molecular weight is 586 g/mol. The van der Waals surface area contributed by atoms with E-state index in [2.05, 4.69) is 41.1 Å². The minimum absolute atomic E-state index is 0.335. The van der Waals surface area contributed by atoms with Gasteiger partial charge in [-0.2, -0.15) is 0 Å². The Balaban J connectivity index is 1.72. The first-order valence-corrected chi connectivity index (χ1v) is 18.6. The SMILES string of the molecule is CC(C)P1(=O)C(c2ccccc2)=C(c2ccccc2)C2(c3ccccc3)C(c3ccccc3)N(c3ccccc3)P21=O. The predicted octanol–water partition coefficient (Wildman–Crippen LogP) is 10.7. The zero-order valence-corrected chi connectivity index (χ0v) is 25.5. The highest BCUT2D eigenvalue weighted by molar-refractivity contribution is 8.42. The first kappa shape index (κ1) is 27.0. The van der Waals surface area contributed by atoms with Crippen LogP contribution >= 0.6 is 13.8 Å². The van der Waals surface area contributed by atoms with Crippen molar-refractivity contribution >= 4 is 30.4 Å². The van der Waals surface area contributed by atoms with Gasteiger partial charge in [-0.05, 0) is 40.0 Å². The maximum absolute atomic E-state index is 16.8. The molecular formula is C37H33NO2P2. The summed E-state index contributed by atoms with van der Waals surface area (Å²) in [5.74, 6) is 0. The highest BCUT2D eigenvalue weighted by Crippen LogP contribution is 3.09. The smallest absolute Gasteiger partial charge is 0.249 e. The summed E-state index contributed by atoms with van der Waals surface area (Å²) in [7, 11) is 0. The molecule has 1 saturated heterocycles. The third-order valence-corrected chi connectivity index (χ3v) is 20.8. The maximum Gasteiger partial charge on any atom is 0.249 e. The molecule has 208 valence electrons. The summed E-state index contributed by atoms with van der Waals surface area (Å²) in [4.78, 5) is 0. The molecule has 0 aromatic heterocycles. The molecule has 5 heteroatoms. The van der Waals surface area contributed by atoms with E-state index in [0.717, 1.165) is 38.8 Å². The Hall–Kier alpha value is -3.90. The second-order valence-electron chi connectivity index (χ2n) is 11.3. The summed E-state index contributed by atoms with van der Waals surface area (Å²) in [5, 5.41) is -0.270. The highest BCUT2D eigenvalue weighted by atomic mass is 32.1. The predicted molar refractivity (Wildman–Crippen MR) is 176 cm³/mol. The molecule has 0 spiro atoms. The van der Waals surface area contributed by atoms with Crippen LogP contribution in [0.3, 0.4) is 0 Å². The number of rotatable bonds is 6. The van der Waals surface area contributed by atoms with Crippen molar-refractivity contribution in [1.82, 2.24) is 0 Å². The van der Waals surface area contributed by atoms with Crippen LogP contribution < -0.4 is 4.67 Å². The van der Waals surface area contributed by atoms with Crippen molar-refractivity contribution in [2.45, 2.75) is 30.7 Å². The molecule has 5 aromatic rings. The van der Waals surface area contributed by atoms with Crippen LogP contribution in [0.5, 0.6) is 0 Å². The summed E-state index contributed by atoms with van der Waals surface area (Å²) in [6, 6.07) is 50.5. The van der Waals surface area contributed by atoms with Crippen LogP contribution in [-0.4, -0.2) is 5.66 Å². The molecule has 0 amide bonds. The third kappa shape index (κ3) is 3.42. The molecule has 7 rings (SSSR count). The summed E-state index contributed by atoms with van der Waals surface area (Å²) in [6.45, 7) is -3.40. The average Bonchev–Trinajstić information content (AvgIpc) is 3.19. The van der Waals surface area contributed by atoms with Gasteiger partial charge in [0.2, 0.25) is 6.98 Å². The molecule has 2 aliphatic heterocycles. The molecule has 0 bridgehead atoms. The van der Waals surface area contributed by atoms with Crippen LogP contribution in [0, 0.1) is 0 Å². The number of fused-ring (bicyclic) bond motifs is 1. The van der Waals surface area contributed by atoms with E-state index in [4.69, 9.17) is 0 Å². The molecule has 3 nitrogen and oxygen atoms in total. The first-order chi connectivity index (χ1) is 20.5. The van der Waals surface area contributed by atoms with Crippen molar-refractivity contribution in [2.24, 2.45) is 0 Å². The lowest BCUT2D eigenvalue weighted by Crippen LogP contribution is -2.55. The number of nitrogens with zero attached hydrogens (tertiary/aromatic N) is 1. The Bertz CT molecular complexity index is 1860. The van der Waals surface area contributed by atoms with E-state index >= 15 is 9.13 Å². The lowest BCUT2D eigenvalue weighted by Gasteiger charge is -2.63. The molecule has 5 aromatic carbocycles. The Morgan fingerprint density at radius 3 is 1.57 bits per heavy atom. The van der Waals surface area contributed by atoms with Crippen molar-refractivity contribution in [1.29, 1.82) is 0 Å². The normalized spacial score (nSPS) is 26.6. The quantitative estimate of drug-likeness (QED) is 0.186. The van der Waals surface area contributed by atoms with Gasteiger partial charge in [-0.3, -0.25) is 4.57 Å². The van der Waals surface area contributed by atoms with Gasteiger partial charge in [0.05, 0.1) is 6.04 Å². The molecule has 1 fully saturated rings. The van der Waals surface area contributed by atoms with E-state index in [-0.39, 0.29) is 11.7 Å². The van der Waals surface area contributed by atoms with E-state index in [0.29, 0.717) is 0 Å². The van der Waals surface area contributed by atoms with Gasteiger partial charge in [0.15, 0.2) is 6.83 Å². The molecule has 42 heavy (non-hydrogen) atoms. The molecule has 4 unspecified atom stereocenters. The van der Waals surface area contributed by atoms with E-state index in [1.165, 1.54) is 0 Å². The second-order valence-corrected chi connectivity index (χ2v) is 19.7. The van der Waals surface area contributed by atoms with Crippen LogP contribution in [0.1, 0.15) is 42.1 Å². The fraction of sp³-hybridized carbons (Fsp3) is 0.135. The molecule has 4 atom stereocenters. The Morgan fingerprint density at radius 1 is 0.595 bits per heavy atom. The van der Waals surface area contributed by atoms with E-state index in [1.807, 2.05) is 129 Å². The number of hydrogen-bond acceptors (Lipinski definition) is 2. The second kappa shape index (κ2) is 10.1. The molecule has 0 N–H and O–H groups in total. The maximum atomic E-state index is 16.8.